The lowest BCUT2D eigenvalue weighted by Crippen LogP contribution is -2.04. The molecule has 0 bridgehead atoms. The highest BCUT2D eigenvalue weighted by Crippen LogP contribution is 2.26. The first-order chi connectivity index (χ1) is 12.6. The molecule has 0 aliphatic rings. The molecule has 2 heterocycles. The van der Waals surface area contributed by atoms with E-state index in [1.807, 2.05) is 36.4 Å². The Morgan fingerprint density at radius 2 is 1.96 bits per heavy atom. The minimum absolute atomic E-state index is 0.256. The summed E-state index contributed by atoms with van der Waals surface area (Å²) in [6, 6.07) is 14.4. The van der Waals surface area contributed by atoms with E-state index in [1.54, 1.807) is 16.9 Å². The van der Waals surface area contributed by atoms with E-state index in [9.17, 15) is 4.79 Å². The summed E-state index contributed by atoms with van der Waals surface area (Å²) in [5, 5.41) is 9.00. The average Bonchev–Trinajstić information content (AvgIpc) is 3.09. The van der Waals surface area contributed by atoms with Crippen molar-refractivity contribution in [1.29, 1.82) is 0 Å². The number of nitrogens with zero attached hydrogens (tertiary/aromatic N) is 3. The number of hydrogen-bond donors (Lipinski definition) is 0. The minimum atomic E-state index is -0.448. The zero-order valence-electron chi connectivity index (χ0n) is 13.2. The zero-order chi connectivity index (χ0) is 18.1. The molecule has 0 spiro atoms. The summed E-state index contributed by atoms with van der Waals surface area (Å²) in [7, 11) is 0. The first-order valence-corrected chi connectivity index (χ1v) is 9.21. The van der Waals surface area contributed by atoms with Crippen molar-refractivity contribution in [2.45, 2.75) is 6.61 Å². The van der Waals surface area contributed by atoms with Gasteiger partial charge in [-0.1, -0.05) is 33.3 Å². The Hall–Kier alpha value is -2.45. The van der Waals surface area contributed by atoms with Crippen LogP contribution in [0.4, 0.5) is 0 Å². The number of halogens is 2. The van der Waals surface area contributed by atoms with Crippen LogP contribution in [-0.2, 0) is 6.61 Å². The van der Waals surface area contributed by atoms with Crippen LogP contribution in [0.2, 0.25) is 0 Å². The summed E-state index contributed by atoms with van der Waals surface area (Å²) in [5.74, 6) is 0.719. The zero-order valence-corrected chi connectivity index (χ0v) is 16.4. The van der Waals surface area contributed by atoms with Crippen LogP contribution in [0.5, 0.6) is 5.75 Å². The van der Waals surface area contributed by atoms with Gasteiger partial charge in [-0.05, 0) is 46.3 Å². The van der Waals surface area contributed by atoms with Crippen molar-refractivity contribution < 1.29 is 9.15 Å². The van der Waals surface area contributed by atoms with Gasteiger partial charge in [-0.2, -0.15) is 0 Å². The number of ether oxygens (including phenoxy) is 1. The molecule has 0 fully saturated rings. The monoisotopic (exact) mass is 475 g/mol. The average molecular weight is 477 g/mol. The molecule has 0 aliphatic heterocycles. The highest BCUT2D eigenvalue weighted by molar-refractivity contribution is 9.10. The molecule has 0 amide bonds. The Bertz CT molecular complexity index is 1150. The summed E-state index contributed by atoms with van der Waals surface area (Å²) in [6.07, 6.45) is 1.73. The molecule has 8 heteroatoms. The van der Waals surface area contributed by atoms with Crippen LogP contribution < -0.4 is 10.4 Å². The van der Waals surface area contributed by atoms with Crippen LogP contribution in [-0.4, -0.2) is 15.0 Å². The van der Waals surface area contributed by atoms with E-state index < -0.39 is 5.63 Å². The Morgan fingerprint density at radius 1 is 1.12 bits per heavy atom. The molecule has 0 atom stereocenters. The Morgan fingerprint density at radius 3 is 2.81 bits per heavy atom. The second-order valence-corrected chi connectivity index (χ2v) is 7.23. The summed E-state index contributed by atoms with van der Waals surface area (Å²) in [6.45, 7) is 0.256. The predicted molar refractivity (Wildman–Crippen MR) is 104 cm³/mol. The number of rotatable bonds is 4. The quantitative estimate of drug-likeness (QED) is 0.406. The third-order valence-corrected chi connectivity index (χ3v) is 4.83. The van der Waals surface area contributed by atoms with Gasteiger partial charge in [0.25, 0.3) is 0 Å². The van der Waals surface area contributed by atoms with Crippen molar-refractivity contribution in [3.05, 3.63) is 79.8 Å². The molecule has 0 radical (unpaired) electrons. The van der Waals surface area contributed by atoms with Crippen LogP contribution in [0, 0.1) is 0 Å². The molecule has 130 valence electrons. The van der Waals surface area contributed by atoms with Crippen molar-refractivity contribution in [1.82, 2.24) is 15.0 Å². The molecular formula is C18H11Br2N3O3. The van der Waals surface area contributed by atoms with Gasteiger partial charge in [-0.15, -0.1) is 5.10 Å². The van der Waals surface area contributed by atoms with E-state index in [1.165, 1.54) is 6.07 Å². The van der Waals surface area contributed by atoms with E-state index in [-0.39, 0.29) is 6.61 Å². The minimum Gasteiger partial charge on any atom is -0.486 e. The number of para-hydroxylation sites is 1. The fourth-order valence-corrected chi connectivity index (χ4v) is 3.26. The molecular weight excluding hydrogens is 466 g/mol. The van der Waals surface area contributed by atoms with E-state index in [0.29, 0.717) is 17.0 Å². The molecule has 26 heavy (non-hydrogen) atoms. The van der Waals surface area contributed by atoms with Gasteiger partial charge in [-0.25, -0.2) is 9.48 Å². The van der Waals surface area contributed by atoms with Crippen LogP contribution in [0.25, 0.3) is 16.7 Å². The maximum atomic E-state index is 11.8. The highest BCUT2D eigenvalue weighted by atomic mass is 79.9. The highest BCUT2D eigenvalue weighted by Gasteiger charge is 2.11. The predicted octanol–water partition coefficient (Wildman–Crippen LogP) is 4.48. The Kier molecular flexibility index (Phi) is 4.60. The van der Waals surface area contributed by atoms with Crippen molar-refractivity contribution >= 4 is 42.8 Å². The van der Waals surface area contributed by atoms with Gasteiger partial charge in [0.05, 0.1) is 22.4 Å². The van der Waals surface area contributed by atoms with Crippen molar-refractivity contribution in [3.63, 3.8) is 0 Å². The Balaban J connectivity index is 1.66. The van der Waals surface area contributed by atoms with Crippen LogP contribution in [0.1, 0.15) is 5.69 Å². The number of hydrogen-bond acceptors (Lipinski definition) is 5. The number of fused-ring (bicyclic) bond motifs is 1. The summed E-state index contributed by atoms with van der Waals surface area (Å²) in [4.78, 5) is 11.8. The van der Waals surface area contributed by atoms with Crippen LogP contribution >= 0.6 is 31.9 Å². The van der Waals surface area contributed by atoms with Gasteiger partial charge in [-0.3, -0.25) is 0 Å². The van der Waals surface area contributed by atoms with E-state index in [2.05, 4.69) is 42.2 Å². The van der Waals surface area contributed by atoms with Crippen LogP contribution in [0.3, 0.4) is 0 Å². The smallest absolute Gasteiger partial charge is 0.338 e. The second kappa shape index (κ2) is 7.05. The molecule has 0 aliphatic carbocycles. The lowest BCUT2D eigenvalue weighted by molar-refractivity contribution is 0.299. The van der Waals surface area contributed by atoms with Gasteiger partial charge in [0.2, 0.25) is 0 Å². The van der Waals surface area contributed by atoms with Gasteiger partial charge < -0.3 is 9.15 Å². The van der Waals surface area contributed by atoms with Crippen molar-refractivity contribution in [2.75, 3.05) is 0 Å². The van der Waals surface area contributed by atoms with Gasteiger partial charge in [0, 0.05) is 9.86 Å². The first-order valence-electron chi connectivity index (χ1n) is 7.62. The molecule has 0 N–H and O–H groups in total. The SMILES string of the molecule is O=c1cc(-n2cc(COc3ccccc3Br)nn2)c2cc(Br)ccc2o1. The summed E-state index contributed by atoms with van der Waals surface area (Å²) < 4.78 is 14.3. The van der Waals surface area contributed by atoms with Gasteiger partial charge >= 0.3 is 5.63 Å². The van der Waals surface area contributed by atoms with Crippen molar-refractivity contribution in [3.8, 4) is 11.4 Å². The largest absolute Gasteiger partial charge is 0.486 e. The summed E-state index contributed by atoms with van der Waals surface area (Å²) >= 11 is 6.87. The van der Waals surface area contributed by atoms with E-state index >= 15 is 0 Å². The molecule has 2 aromatic carbocycles. The molecule has 4 aromatic rings. The fourth-order valence-electron chi connectivity index (χ4n) is 2.50. The normalized spacial score (nSPS) is 11.0. The maximum Gasteiger partial charge on any atom is 0.338 e. The topological polar surface area (TPSA) is 70.2 Å². The van der Waals surface area contributed by atoms with Crippen LogP contribution in [0.15, 0.2) is 72.9 Å². The molecule has 6 nitrogen and oxygen atoms in total. The Labute approximate surface area is 164 Å². The van der Waals surface area contributed by atoms with Gasteiger partial charge in [0.15, 0.2) is 0 Å². The van der Waals surface area contributed by atoms with E-state index in [4.69, 9.17) is 9.15 Å². The van der Waals surface area contributed by atoms with Crippen molar-refractivity contribution in [2.24, 2.45) is 0 Å². The first kappa shape index (κ1) is 17.0. The number of benzene rings is 2. The lowest BCUT2D eigenvalue weighted by atomic mass is 10.2. The third-order valence-electron chi connectivity index (χ3n) is 3.68. The molecule has 2 aromatic heterocycles. The summed E-state index contributed by atoms with van der Waals surface area (Å²) in [5.41, 5.74) is 1.27. The molecule has 0 unspecified atom stereocenters. The lowest BCUT2D eigenvalue weighted by Gasteiger charge is -2.06. The standard InChI is InChI=1S/C18H11Br2N3O3/c19-11-5-6-16-13(7-11)15(8-18(24)26-16)23-9-12(21-22-23)10-25-17-4-2-1-3-14(17)20/h1-9H,10H2. The molecule has 0 saturated heterocycles. The third kappa shape index (κ3) is 3.42. The second-order valence-electron chi connectivity index (χ2n) is 5.46. The molecule has 4 rings (SSSR count). The number of aromatic nitrogens is 3. The molecule has 0 saturated carbocycles. The maximum absolute atomic E-state index is 11.8. The van der Waals surface area contributed by atoms with E-state index in [0.717, 1.165) is 20.1 Å². The van der Waals surface area contributed by atoms with Gasteiger partial charge in [0.1, 0.15) is 23.6 Å². The fraction of sp³-hybridized carbons (Fsp3) is 0.0556.